The SMILES string of the molecule is COC(=O)[C@H](C)Oc1c(I)cc(/C=C2/C(=O)NN(c3ccccc3)C2=O)cc1I. The topological polar surface area (TPSA) is 84.9 Å². The van der Waals surface area contributed by atoms with E-state index in [1.165, 1.54) is 12.1 Å². The van der Waals surface area contributed by atoms with Crippen molar-refractivity contribution in [2.45, 2.75) is 13.0 Å². The first kappa shape index (κ1) is 21.6. The first-order valence-electron chi connectivity index (χ1n) is 8.47. The Bertz CT molecular complexity index is 984. The Kier molecular flexibility index (Phi) is 6.77. The lowest BCUT2D eigenvalue weighted by Gasteiger charge is -2.16. The monoisotopic (exact) mass is 618 g/mol. The number of halogens is 2. The number of nitrogens with one attached hydrogen (secondary N) is 1. The molecule has 0 bridgehead atoms. The number of rotatable bonds is 5. The van der Waals surface area contributed by atoms with Crippen molar-refractivity contribution in [3.05, 3.63) is 60.7 Å². The van der Waals surface area contributed by atoms with E-state index in [0.29, 0.717) is 17.0 Å². The molecular weight excluding hydrogens is 602 g/mol. The molecule has 1 heterocycles. The molecule has 1 saturated heterocycles. The first-order chi connectivity index (χ1) is 13.8. The predicted octanol–water partition coefficient (Wildman–Crippen LogP) is 3.30. The highest BCUT2D eigenvalue weighted by molar-refractivity contribution is 14.1. The number of ether oxygens (including phenoxy) is 2. The van der Waals surface area contributed by atoms with E-state index in [1.54, 1.807) is 49.4 Å². The third kappa shape index (κ3) is 4.71. The number of anilines is 1. The van der Waals surface area contributed by atoms with Crippen molar-refractivity contribution in [3.8, 4) is 5.75 Å². The highest BCUT2D eigenvalue weighted by Crippen LogP contribution is 2.31. The molecule has 0 saturated carbocycles. The van der Waals surface area contributed by atoms with Gasteiger partial charge in [0.2, 0.25) is 0 Å². The molecule has 3 rings (SSSR count). The number of carbonyl (C=O) groups excluding carboxylic acids is 3. The quantitative estimate of drug-likeness (QED) is 0.241. The number of carbonyl (C=O) groups is 3. The highest BCUT2D eigenvalue weighted by atomic mass is 127. The molecule has 1 aliphatic heterocycles. The number of methoxy groups -OCH3 is 1. The van der Waals surface area contributed by atoms with Gasteiger partial charge in [0, 0.05) is 0 Å². The standard InChI is InChI=1S/C20H16I2N2O5/c1-11(20(27)28-2)29-17-15(21)9-12(10-16(17)22)8-14-18(25)23-24(19(14)26)13-6-4-3-5-7-13/h3-11H,1-2H3,(H,23,25)/b14-8-/t11-/m0/s1. The van der Waals surface area contributed by atoms with Crippen LogP contribution >= 0.6 is 45.2 Å². The van der Waals surface area contributed by atoms with Crippen molar-refractivity contribution in [1.82, 2.24) is 5.43 Å². The van der Waals surface area contributed by atoms with Crippen molar-refractivity contribution in [2.24, 2.45) is 0 Å². The molecular formula is C20H16I2N2O5. The van der Waals surface area contributed by atoms with Crippen molar-refractivity contribution in [2.75, 3.05) is 12.1 Å². The summed E-state index contributed by atoms with van der Waals surface area (Å²) in [4.78, 5) is 36.7. The Labute approximate surface area is 194 Å². The molecule has 150 valence electrons. The van der Waals surface area contributed by atoms with Gasteiger partial charge >= 0.3 is 5.97 Å². The van der Waals surface area contributed by atoms with Crippen LogP contribution in [0.3, 0.4) is 0 Å². The van der Waals surface area contributed by atoms with E-state index in [1.807, 2.05) is 6.07 Å². The van der Waals surface area contributed by atoms with Crippen molar-refractivity contribution in [3.63, 3.8) is 0 Å². The maximum atomic E-state index is 12.7. The summed E-state index contributed by atoms with van der Waals surface area (Å²) in [6.45, 7) is 1.60. The molecule has 1 N–H and O–H groups in total. The normalized spacial score (nSPS) is 16.0. The second-order valence-corrected chi connectivity index (χ2v) is 8.40. The average molecular weight is 618 g/mol. The lowest BCUT2D eigenvalue weighted by Crippen LogP contribution is -2.35. The fourth-order valence-electron chi connectivity index (χ4n) is 2.65. The molecule has 7 nitrogen and oxygen atoms in total. The van der Waals surface area contributed by atoms with Gasteiger partial charge < -0.3 is 9.47 Å². The van der Waals surface area contributed by atoms with E-state index >= 15 is 0 Å². The summed E-state index contributed by atoms with van der Waals surface area (Å²) in [5.74, 6) is -0.828. The summed E-state index contributed by atoms with van der Waals surface area (Å²) >= 11 is 4.17. The number of nitrogens with zero attached hydrogens (tertiary/aromatic N) is 1. The Morgan fingerprint density at radius 1 is 1.14 bits per heavy atom. The molecule has 2 amide bonds. The van der Waals surface area contributed by atoms with E-state index in [9.17, 15) is 14.4 Å². The zero-order valence-electron chi connectivity index (χ0n) is 15.4. The van der Waals surface area contributed by atoms with Crippen molar-refractivity contribution in [1.29, 1.82) is 0 Å². The zero-order valence-corrected chi connectivity index (χ0v) is 19.8. The molecule has 9 heteroatoms. The fourth-order valence-corrected chi connectivity index (χ4v) is 4.72. The van der Waals surface area contributed by atoms with Gasteiger partial charge in [-0.15, -0.1) is 0 Å². The Balaban J connectivity index is 1.88. The lowest BCUT2D eigenvalue weighted by molar-refractivity contribution is -0.148. The Morgan fingerprint density at radius 2 is 1.76 bits per heavy atom. The van der Waals surface area contributed by atoms with Crippen LogP contribution in [-0.2, 0) is 19.1 Å². The second kappa shape index (κ2) is 9.11. The fraction of sp³-hybridized carbons (Fsp3) is 0.150. The van der Waals surface area contributed by atoms with Crippen molar-refractivity contribution >= 4 is 74.7 Å². The summed E-state index contributed by atoms with van der Waals surface area (Å²) < 4.78 is 11.9. The maximum Gasteiger partial charge on any atom is 0.346 e. The molecule has 0 unspecified atom stereocenters. The smallest absolute Gasteiger partial charge is 0.346 e. The van der Waals surface area contributed by atoms with Crippen LogP contribution in [0, 0.1) is 7.14 Å². The van der Waals surface area contributed by atoms with Gasteiger partial charge in [-0.1, -0.05) is 18.2 Å². The van der Waals surface area contributed by atoms with Crippen molar-refractivity contribution < 1.29 is 23.9 Å². The van der Waals surface area contributed by atoms with Crippen LogP contribution in [0.1, 0.15) is 12.5 Å². The molecule has 1 aliphatic rings. The van der Waals surface area contributed by atoms with E-state index in [0.717, 1.165) is 7.14 Å². The van der Waals surface area contributed by atoms with E-state index < -0.39 is 23.9 Å². The molecule has 29 heavy (non-hydrogen) atoms. The number of para-hydroxylation sites is 1. The summed E-state index contributed by atoms with van der Waals surface area (Å²) in [5, 5.41) is 1.22. The lowest BCUT2D eigenvalue weighted by atomic mass is 10.1. The van der Waals surface area contributed by atoms with Crippen LogP contribution in [0.25, 0.3) is 6.08 Å². The number of hydrogen-bond donors (Lipinski definition) is 1. The highest BCUT2D eigenvalue weighted by Gasteiger charge is 2.34. The van der Waals surface area contributed by atoms with Crippen LogP contribution < -0.4 is 15.2 Å². The molecule has 1 fully saturated rings. The Hall–Kier alpha value is -2.15. The van der Waals surface area contributed by atoms with Crippen LogP contribution in [-0.4, -0.2) is 31.0 Å². The Morgan fingerprint density at radius 3 is 2.34 bits per heavy atom. The third-order valence-electron chi connectivity index (χ3n) is 4.07. The third-order valence-corrected chi connectivity index (χ3v) is 5.67. The van der Waals surface area contributed by atoms with Crippen LogP contribution in [0.15, 0.2) is 48.0 Å². The number of hydrogen-bond acceptors (Lipinski definition) is 5. The largest absolute Gasteiger partial charge is 0.477 e. The van der Waals surface area contributed by atoms with E-state index in [4.69, 9.17) is 4.74 Å². The summed E-state index contributed by atoms with van der Waals surface area (Å²) in [5.41, 5.74) is 3.87. The minimum atomic E-state index is -0.757. The van der Waals surface area contributed by atoms with Gasteiger partial charge in [0.1, 0.15) is 11.3 Å². The summed E-state index contributed by atoms with van der Waals surface area (Å²) in [6.07, 6.45) is 0.784. The molecule has 0 radical (unpaired) electrons. The molecule has 0 aliphatic carbocycles. The number of benzene rings is 2. The molecule has 2 aromatic carbocycles. The van der Waals surface area contributed by atoms with Gasteiger partial charge in [0.15, 0.2) is 6.10 Å². The average Bonchev–Trinajstić information content (AvgIpc) is 2.98. The van der Waals surface area contributed by atoms with Crippen LogP contribution in [0.2, 0.25) is 0 Å². The number of amides is 2. The zero-order chi connectivity index (χ0) is 21.1. The maximum absolute atomic E-state index is 12.7. The molecule has 0 spiro atoms. The van der Waals surface area contributed by atoms with Gasteiger partial charge in [-0.2, -0.15) is 0 Å². The predicted molar refractivity (Wildman–Crippen MR) is 124 cm³/mol. The number of esters is 1. The van der Waals surface area contributed by atoms with Crippen LogP contribution in [0.4, 0.5) is 5.69 Å². The first-order valence-corrected chi connectivity index (χ1v) is 10.6. The van der Waals surface area contributed by atoms with Crippen LogP contribution in [0.5, 0.6) is 5.75 Å². The van der Waals surface area contributed by atoms with Gasteiger partial charge in [0.05, 0.1) is 19.9 Å². The minimum absolute atomic E-state index is 0.0389. The molecule has 1 atom stereocenters. The van der Waals surface area contributed by atoms with Gasteiger partial charge in [-0.3, -0.25) is 15.0 Å². The summed E-state index contributed by atoms with van der Waals surface area (Å²) in [7, 11) is 1.30. The van der Waals surface area contributed by atoms with Gasteiger partial charge in [-0.25, -0.2) is 9.80 Å². The van der Waals surface area contributed by atoms with E-state index in [-0.39, 0.29) is 5.57 Å². The summed E-state index contributed by atoms with van der Waals surface area (Å²) in [6, 6.07) is 12.4. The molecule has 2 aromatic rings. The molecule has 0 aromatic heterocycles. The second-order valence-electron chi connectivity index (χ2n) is 6.07. The van der Waals surface area contributed by atoms with Gasteiger partial charge in [-0.05, 0) is 88.0 Å². The minimum Gasteiger partial charge on any atom is -0.477 e. The van der Waals surface area contributed by atoms with E-state index in [2.05, 4.69) is 55.3 Å². The number of hydrazine groups is 1. The van der Waals surface area contributed by atoms with Gasteiger partial charge in [0.25, 0.3) is 11.8 Å².